The molecule has 1 N–H and O–H groups in total. The third-order valence-corrected chi connectivity index (χ3v) is 7.36. The first-order valence-corrected chi connectivity index (χ1v) is 12.7. The normalized spacial score (nSPS) is 22.7. The molecule has 1 fully saturated rings. The molecular formula is C26H32N4O3S. The van der Waals surface area contributed by atoms with E-state index >= 15 is 0 Å². The number of piperazine rings is 1. The SMILES string of the molecule is Cc1nc2cc(OC[C@H](O)CN3CCN(CC4=NC(c5ccccc5)OC4)[C@@H](C)C3)ccc2s1. The van der Waals surface area contributed by atoms with Crippen molar-refractivity contribution in [2.75, 3.05) is 45.9 Å². The van der Waals surface area contributed by atoms with Gasteiger partial charge in [0.05, 0.1) is 27.5 Å². The molecule has 2 aliphatic rings. The maximum absolute atomic E-state index is 10.6. The zero-order valence-corrected chi connectivity index (χ0v) is 20.6. The smallest absolute Gasteiger partial charge is 0.174 e. The first kappa shape index (κ1) is 23.4. The van der Waals surface area contributed by atoms with Gasteiger partial charge in [0.25, 0.3) is 0 Å². The van der Waals surface area contributed by atoms with Crippen molar-refractivity contribution in [2.45, 2.75) is 32.2 Å². The predicted molar refractivity (Wildman–Crippen MR) is 136 cm³/mol. The highest BCUT2D eigenvalue weighted by Gasteiger charge is 2.28. The summed E-state index contributed by atoms with van der Waals surface area (Å²) in [5.74, 6) is 0.753. The van der Waals surface area contributed by atoms with Gasteiger partial charge in [-0.3, -0.25) is 14.8 Å². The zero-order chi connectivity index (χ0) is 23.5. The second kappa shape index (κ2) is 10.5. The molecule has 0 aliphatic carbocycles. The van der Waals surface area contributed by atoms with Crippen molar-refractivity contribution < 1.29 is 14.6 Å². The molecule has 5 rings (SSSR count). The fourth-order valence-electron chi connectivity index (χ4n) is 4.65. The molecule has 3 aromatic rings. The Labute approximate surface area is 204 Å². The van der Waals surface area contributed by atoms with Gasteiger partial charge >= 0.3 is 0 Å². The first-order chi connectivity index (χ1) is 16.5. The van der Waals surface area contributed by atoms with Crippen molar-refractivity contribution in [3.63, 3.8) is 0 Å². The van der Waals surface area contributed by atoms with E-state index in [9.17, 15) is 5.11 Å². The molecular weight excluding hydrogens is 448 g/mol. The van der Waals surface area contributed by atoms with Crippen LogP contribution in [0.5, 0.6) is 5.75 Å². The number of aliphatic hydroxyl groups is 1. The van der Waals surface area contributed by atoms with Gasteiger partial charge in [0, 0.05) is 50.4 Å². The maximum atomic E-state index is 10.6. The van der Waals surface area contributed by atoms with Crippen molar-refractivity contribution >= 4 is 27.3 Å². The number of fused-ring (bicyclic) bond motifs is 1. The van der Waals surface area contributed by atoms with Crippen molar-refractivity contribution in [3.8, 4) is 5.75 Å². The van der Waals surface area contributed by atoms with Crippen LogP contribution in [0, 0.1) is 6.92 Å². The lowest BCUT2D eigenvalue weighted by molar-refractivity contribution is 0.0325. The topological polar surface area (TPSA) is 70.4 Å². The van der Waals surface area contributed by atoms with E-state index < -0.39 is 6.10 Å². The van der Waals surface area contributed by atoms with E-state index in [2.05, 4.69) is 33.8 Å². The van der Waals surface area contributed by atoms with Crippen molar-refractivity contribution in [1.29, 1.82) is 0 Å². The molecule has 1 saturated heterocycles. The molecule has 1 unspecified atom stereocenters. The Kier molecular flexibility index (Phi) is 7.22. The second-order valence-electron chi connectivity index (χ2n) is 9.18. The predicted octanol–water partition coefficient (Wildman–Crippen LogP) is 3.52. The summed E-state index contributed by atoms with van der Waals surface area (Å²) in [7, 11) is 0. The van der Waals surface area contributed by atoms with Crippen LogP contribution in [0.1, 0.15) is 23.7 Å². The molecule has 2 aliphatic heterocycles. The lowest BCUT2D eigenvalue weighted by Gasteiger charge is -2.40. The number of aromatic nitrogens is 1. The largest absolute Gasteiger partial charge is 0.491 e. The molecule has 7 nitrogen and oxygen atoms in total. The van der Waals surface area contributed by atoms with Crippen LogP contribution in [0.3, 0.4) is 0 Å². The number of thiazole rings is 1. The lowest BCUT2D eigenvalue weighted by Crippen LogP contribution is -2.54. The number of benzene rings is 2. The maximum Gasteiger partial charge on any atom is 0.174 e. The minimum atomic E-state index is -0.536. The van der Waals surface area contributed by atoms with Crippen LogP contribution in [0.25, 0.3) is 10.2 Å². The molecule has 3 heterocycles. The second-order valence-corrected chi connectivity index (χ2v) is 10.4. The molecule has 1 aromatic heterocycles. The van der Waals surface area contributed by atoms with Crippen molar-refractivity contribution in [3.05, 3.63) is 59.1 Å². The summed E-state index contributed by atoms with van der Waals surface area (Å²) in [6, 6.07) is 16.5. The Hall–Kier alpha value is -2.36. The highest BCUT2D eigenvalue weighted by molar-refractivity contribution is 7.18. The van der Waals surface area contributed by atoms with Crippen LogP contribution in [0.4, 0.5) is 0 Å². The van der Waals surface area contributed by atoms with E-state index in [4.69, 9.17) is 14.5 Å². The quantitative estimate of drug-likeness (QED) is 0.532. The average molecular weight is 481 g/mol. The number of hydrogen-bond acceptors (Lipinski definition) is 8. The molecule has 0 spiro atoms. The van der Waals surface area contributed by atoms with Crippen LogP contribution >= 0.6 is 11.3 Å². The highest BCUT2D eigenvalue weighted by Crippen LogP contribution is 2.26. The van der Waals surface area contributed by atoms with Gasteiger partial charge in [-0.05, 0) is 26.0 Å². The van der Waals surface area contributed by atoms with Gasteiger partial charge in [-0.1, -0.05) is 30.3 Å². The number of aliphatic hydroxyl groups excluding tert-OH is 1. The van der Waals surface area contributed by atoms with E-state index in [1.54, 1.807) is 11.3 Å². The van der Waals surface area contributed by atoms with Gasteiger partial charge in [-0.15, -0.1) is 11.3 Å². The Balaban J connectivity index is 1.07. The number of rotatable bonds is 8. The van der Waals surface area contributed by atoms with E-state index in [1.165, 1.54) is 0 Å². The van der Waals surface area contributed by atoms with Crippen LogP contribution in [0.2, 0.25) is 0 Å². The number of aliphatic imine (C=N–C) groups is 1. The molecule has 0 saturated carbocycles. The molecule has 180 valence electrons. The number of aryl methyl sites for hydroxylation is 1. The van der Waals surface area contributed by atoms with Crippen LogP contribution in [-0.2, 0) is 4.74 Å². The van der Waals surface area contributed by atoms with Gasteiger partial charge in [0.2, 0.25) is 0 Å². The van der Waals surface area contributed by atoms with Gasteiger partial charge in [-0.25, -0.2) is 4.98 Å². The first-order valence-electron chi connectivity index (χ1n) is 11.9. The standard InChI is InChI=1S/C26H32N4O3S/c1-18-13-29(15-22(31)17-32-23-8-9-25-24(12-23)27-19(2)34-25)10-11-30(18)14-21-16-33-26(28-21)20-6-4-3-5-7-20/h3-9,12,18,22,26,31H,10-11,13-17H2,1-2H3/t18-,22+,26?/m0/s1. The van der Waals surface area contributed by atoms with E-state index in [-0.39, 0.29) is 12.8 Å². The van der Waals surface area contributed by atoms with Crippen molar-refractivity contribution in [2.24, 2.45) is 4.99 Å². The monoisotopic (exact) mass is 480 g/mol. The van der Waals surface area contributed by atoms with Crippen LogP contribution in [0.15, 0.2) is 53.5 Å². The average Bonchev–Trinajstić information content (AvgIpc) is 3.45. The minimum Gasteiger partial charge on any atom is -0.491 e. The van der Waals surface area contributed by atoms with Crippen molar-refractivity contribution in [1.82, 2.24) is 14.8 Å². The molecule has 0 amide bonds. The summed E-state index contributed by atoms with van der Waals surface area (Å²) < 4.78 is 12.9. The number of β-amino-alcohol motifs (C(OH)–C–C–N with tert-alkyl or cyclic N) is 1. The summed E-state index contributed by atoms with van der Waals surface area (Å²) in [5.41, 5.74) is 3.16. The van der Waals surface area contributed by atoms with E-state index in [1.807, 2.05) is 43.3 Å². The lowest BCUT2D eigenvalue weighted by atomic mass is 10.1. The fraction of sp³-hybridized carbons (Fsp3) is 0.462. The summed E-state index contributed by atoms with van der Waals surface area (Å²) in [5, 5.41) is 11.6. The molecule has 0 radical (unpaired) electrons. The third-order valence-electron chi connectivity index (χ3n) is 6.40. The Morgan fingerprint density at radius 3 is 2.88 bits per heavy atom. The third kappa shape index (κ3) is 5.64. The summed E-state index contributed by atoms with van der Waals surface area (Å²) >= 11 is 1.68. The Morgan fingerprint density at radius 2 is 2.06 bits per heavy atom. The van der Waals surface area contributed by atoms with Crippen LogP contribution in [-0.4, -0.2) is 83.7 Å². The van der Waals surface area contributed by atoms with Crippen LogP contribution < -0.4 is 4.74 Å². The number of hydrogen-bond donors (Lipinski definition) is 1. The van der Waals surface area contributed by atoms with E-state index in [0.717, 1.165) is 58.4 Å². The van der Waals surface area contributed by atoms with Gasteiger partial charge in [0.1, 0.15) is 18.5 Å². The summed E-state index contributed by atoms with van der Waals surface area (Å²) in [6.45, 7) is 9.34. The minimum absolute atomic E-state index is 0.178. The fourth-order valence-corrected chi connectivity index (χ4v) is 5.46. The van der Waals surface area contributed by atoms with Gasteiger partial charge in [0.15, 0.2) is 6.23 Å². The summed E-state index contributed by atoms with van der Waals surface area (Å²) in [6.07, 6.45) is -0.714. The molecule has 2 aromatic carbocycles. The Morgan fingerprint density at radius 1 is 1.21 bits per heavy atom. The zero-order valence-electron chi connectivity index (χ0n) is 19.8. The van der Waals surface area contributed by atoms with E-state index in [0.29, 0.717) is 19.2 Å². The number of ether oxygens (including phenoxy) is 2. The van der Waals surface area contributed by atoms with Gasteiger partial charge in [-0.2, -0.15) is 0 Å². The highest BCUT2D eigenvalue weighted by atomic mass is 32.1. The Bertz CT molecular complexity index is 1140. The molecule has 3 atom stereocenters. The van der Waals surface area contributed by atoms with Gasteiger partial charge < -0.3 is 14.6 Å². The summed E-state index contributed by atoms with van der Waals surface area (Å²) in [4.78, 5) is 14.1. The molecule has 8 heteroatoms. The number of nitrogens with zero attached hydrogens (tertiary/aromatic N) is 4. The molecule has 34 heavy (non-hydrogen) atoms. The molecule has 0 bridgehead atoms.